The third kappa shape index (κ3) is 2.40. The Hall–Kier alpha value is -2.27. The van der Waals surface area contributed by atoms with E-state index in [-0.39, 0.29) is 11.3 Å². The Kier molecular flexibility index (Phi) is 3.78. The number of benzene rings is 1. The normalized spacial score (nSPS) is 25.0. The number of allylic oxidation sites excluding steroid dienone is 2. The third-order valence-corrected chi connectivity index (χ3v) is 4.31. The molecule has 0 amide bonds. The van der Waals surface area contributed by atoms with Crippen LogP contribution in [0.15, 0.2) is 42.0 Å². The van der Waals surface area contributed by atoms with Crippen LogP contribution in [0.25, 0.3) is 5.57 Å². The smallest absolute Gasteiger partial charge is 0.333 e. The van der Waals surface area contributed by atoms with Gasteiger partial charge in [0, 0.05) is 0 Å². The molecule has 0 aromatic heterocycles. The Bertz CT molecular complexity index is 659. The van der Waals surface area contributed by atoms with Crippen molar-refractivity contribution in [2.75, 3.05) is 0 Å². The van der Waals surface area contributed by atoms with E-state index >= 15 is 0 Å². The fourth-order valence-corrected chi connectivity index (χ4v) is 2.70. The van der Waals surface area contributed by atoms with E-state index in [0.717, 1.165) is 0 Å². The molecule has 1 aliphatic carbocycles. The zero-order chi connectivity index (χ0) is 15.8. The highest BCUT2D eigenvalue weighted by molar-refractivity contribution is 6.29. The summed E-state index contributed by atoms with van der Waals surface area (Å²) in [5.41, 5.74) is -0.797. The standard InChI is InChI=1S/C15H13ClO5/c1-15(14(20)21)11(8-2-4-9(17)5-3-8)7-6-10(12(15)16)13(18)19/h2-7,12,17H,1H3,(H,18,19)(H,20,21). The average molecular weight is 309 g/mol. The molecule has 2 rings (SSSR count). The van der Waals surface area contributed by atoms with Crippen molar-refractivity contribution in [1.82, 2.24) is 0 Å². The molecule has 0 saturated carbocycles. The molecule has 1 aliphatic rings. The van der Waals surface area contributed by atoms with Crippen LogP contribution in [-0.4, -0.2) is 32.6 Å². The maximum absolute atomic E-state index is 11.7. The van der Waals surface area contributed by atoms with E-state index in [4.69, 9.17) is 16.7 Å². The fraction of sp³-hybridized carbons (Fsp3) is 0.200. The predicted molar refractivity (Wildman–Crippen MR) is 77.2 cm³/mol. The Morgan fingerprint density at radius 3 is 2.19 bits per heavy atom. The number of alkyl halides is 1. The lowest BCUT2D eigenvalue weighted by atomic mass is 9.70. The second kappa shape index (κ2) is 5.26. The molecule has 0 radical (unpaired) electrons. The molecule has 0 aliphatic heterocycles. The van der Waals surface area contributed by atoms with Crippen LogP contribution in [0.4, 0.5) is 0 Å². The Morgan fingerprint density at radius 2 is 1.71 bits per heavy atom. The zero-order valence-electron chi connectivity index (χ0n) is 11.1. The first-order chi connectivity index (χ1) is 9.78. The van der Waals surface area contributed by atoms with Gasteiger partial charge in [-0.2, -0.15) is 0 Å². The van der Waals surface area contributed by atoms with E-state index < -0.39 is 22.7 Å². The molecule has 1 aromatic carbocycles. The van der Waals surface area contributed by atoms with Gasteiger partial charge in [0.05, 0.1) is 11.0 Å². The lowest BCUT2D eigenvalue weighted by Crippen LogP contribution is -2.42. The van der Waals surface area contributed by atoms with E-state index in [1.54, 1.807) is 12.1 Å². The summed E-state index contributed by atoms with van der Waals surface area (Å²) >= 11 is 6.14. The van der Waals surface area contributed by atoms with Crippen molar-refractivity contribution in [1.29, 1.82) is 0 Å². The van der Waals surface area contributed by atoms with Crippen molar-refractivity contribution in [2.45, 2.75) is 12.3 Å². The molecule has 0 spiro atoms. The van der Waals surface area contributed by atoms with Gasteiger partial charge in [-0.15, -0.1) is 11.6 Å². The van der Waals surface area contributed by atoms with E-state index in [0.29, 0.717) is 11.1 Å². The lowest BCUT2D eigenvalue weighted by molar-refractivity contribution is -0.144. The fourth-order valence-electron chi connectivity index (χ4n) is 2.32. The van der Waals surface area contributed by atoms with Gasteiger partial charge in [0.15, 0.2) is 0 Å². The summed E-state index contributed by atoms with van der Waals surface area (Å²) < 4.78 is 0. The van der Waals surface area contributed by atoms with E-state index in [9.17, 15) is 19.8 Å². The predicted octanol–water partition coefficient (Wildman–Crippen LogP) is 2.50. The first-order valence-corrected chi connectivity index (χ1v) is 6.54. The number of phenolic OH excluding ortho intramolecular Hbond substituents is 1. The number of aliphatic carboxylic acids is 2. The summed E-state index contributed by atoms with van der Waals surface area (Å²) in [5, 5.41) is 26.8. The van der Waals surface area contributed by atoms with Crippen LogP contribution >= 0.6 is 11.6 Å². The molecule has 21 heavy (non-hydrogen) atoms. The van der Waals surface area contributed by atoms with Gasteiger partial charge in [-0.3, -0.25) is 4.79 Å². The molecule has 0 fully saturated rings. The number of hydrogen-bond donors (Lipinski definition) is 3. The molecule has 5 nitrogen and oxygen atoms in total. The highest BCUT2D eigenvalue weighted by Gasteiger charge is 2.49. The van der Waals surface area contributed by atoms with E-state index in [2.05, 4.69) is 0 Å². The Morgan fingerprint density at radius 1 is 1.14 bits per heavy atom. The minimum atomic E-state index is -1.58. The molecule has 110 valence electrons. The quantitative estimate of drug-likeness (QED) is 0.746. The van der Waals surface area contributed by atoms with Crippen molar-refractivity contribution < 1.29 is 24.9 Å². The first-order valence-electron chi connectivity index (χ1n) is 6.11. The minimum absolute atomic E-state index is 0.0522. The SMILES string of the molecule is CC1(C(=O)O)C(c2ccc(O)cc2)=CC=C(C(=O)O)C1Cl. The van der Waals surface area contributed by atoms with Crippen LogP contribution < -0.4 is 0 Å². The van der Waals surface area contributed by atoms with Crippen molar-refractivity contribution in [3.05, 3.63) is 47.6 Å². The summed E-state index contributed by atoms with van der Waals surface area (Å²) in [7, 11) is 0. The average Bonchev–Trinajstić information content (AvgIpc) is 2.42. The molecule has 2 unspecified atom stereocenters. The van der Waals surface area contributed by atoms with Gasteiger partial charge < -0.3 is 15.3 Å². The van der Waals surface area contributed by atoms with Crippen LogP contribution in [0.1, 0.15) is 12.5 Å². The highest BCUT2D eigenvalue weighted by atomic mass is 35.5. The summed E-state index contributed by atoms with van der Waals surface area (Å²) in [6, 6.07) is 5.98. The number of hydrogen-bond acceptors (Lipinski definition) is 3. The molecular weight excluding hydrogens is 296 g/mol. The molecule has 0 heterocycles. The molecule has 6 heteroatoms. The second-order valence-corrected chi connectivity index (χ2v) is 5.36. The molecule has 0 bridgehead atoms. The number of rotatable bonds is 3. The number of aromatic hydroxyl groups is 1. The molecule has 2 atom stereocenters. The summed E-state index contributed by atoms with van der Waals surface area (Å²) in [6.07, 6.45) is 2.76. The second-order valence-electron chi connectivity index (χ2n) is 4.92. The molecule has 0 saturated heterocycles. The number of halogens is 1. The van der Waals surface area contributed by atoms with E-state index in [1.807, 2.05) is 0 Å². The van der Waals surface area contributed by atoms with Crippen LogP contribution in [-0.2, 0) is 9.59 Å². The summed E-state index contributed by atoms with van der Waals surface area (Å²) in [4.78, 5) is 22.9. The van der Waals surface area contributed by atoms with Gasteiger partial charge in [0.1, 0.15) is 11.2 Å². The monoisotopic (exact) mass is 308 g/mol. The van der Waals surface area contributed by atoms with Gasteiger partial charge in [0.25, 0.3) is 0 Å². The van der Waals surface area contributed by atoms with Gasteiger partial charge >= 0.3 is 11.9 Å². The number of carbonyl (C=O) groups is 2. The van der Waals surface area contributed by atoms with E-state index in [1.165, 1.54) is 31.2 Å². The van der Waals surface area contributed by atoms with Crippen molar-refractivity contribution in [3.63, 3.8) is 0 Å². The highest BCUT2D eigenvalue weighted by Crippen LogP contribution is 2.46. The Balaban J connectivity index is 2.63. The van der Waals surface area contributed by atoms with Gasteiger partial charge in [0.2, 0.25) is 0 Å². The van der Waals surface area contributed by atoms with Gasteiger partial charge in [-0.25, -0.2) is 4.79 Å². The molecular formula is C15H13ClO5. The Labute approximate surface area is 125 Å². The van der Waals surface area contributed by atoms with Crippen molar-refractivity contribution >= 4 is 29.1 Å². The minimum Gasteiger partial charge on any atom is -0.508 e. The number of phenols is 1. The first kappa shape index (κ1) is 15.1. The zero-order valence-corrected chi connectivity index (χ0v) is 11.8. The van der Waals surface area contributed by atoms with Crippen LogP contribution in [0.5, 0.6) is 5.75 Å². The molecule has 1 aromatic rings. The maximum Gasteiger partial charge on any atom is 0.333 e. The topological polar surface area (TPSA) is 94.8 Å². The number of carboxylic acids is 2. The van der Waals surface area contributed by atoms with Crippen LogP contribution in [0.2, 0.25) is 0 Å². The number of carboxylic acid groups (broad SMARTS) is 2. The summed E-state index contributed by atoms with van der Waals surface area (Å²) in [5.74, 6) is -2.41. The lowest BCUT2D eigenvalue weighted by Gasteiger charge is -2.35. The molecule has 3 N–H and O–H groups in total. The van der Waals surface area contributed by atoms with Crippen molar-refractivity contribution in [3.8, 4) is 5.75 Å². The van der Waals surface area contributed by atoms with Crippen molar-refractivity contribution in [2.24, 2.45) is 5.41 Å². The van der Waals surface area contributed by atoms with Gasteiger partial charge in [-0.05, 0) is 36.3 Å². The van der Waals surface area contributed by atoms with Crippen LogP contribution in [0.3, 0.4) is 0 Å². The van der Waals surface area contributed by atoms with Gasteiger partial charge in [-0.1, -0.05) is 18.2 Å². The maximum atomic E-state index is 11.7. The largest absolute Gasteiger partial charge is 0.508 e. The van der Waals surface area contributed by atoms with Crippen LogP contribution in [0, 0.1) is 5.41 Å². The third-order valence-electron chi connectivity index (χ3n) is 3.64. The summed E-state index contributed by atoms with van der Waals surface area (Å²) in [6.45, 7) is 1.39.